The summed E-state index contributed by atoms with van der Waals surface area (Å²) in [5, 5.41) is 0. The second-order valence-electron chi connectivity index (χ2n) is 6.35. The summed E-state index contributed by atoms with van der Waals surface area (Å²) in [6.07, 6.45) is 0.698. The molecule has 0 saturated carbocycles. The van der Waals surface area contributed by atoms with Crippen molar-refractivity contribution < 1.29 is 14.3 Å². The molecule has 1 atom stereocenters. The van der Waals surface area contributed by atoms with Crippen LogP contribution in [0.4, 0.5) is 11.4 Å². The molecule has 0 aromatic heterocycles. The van der Waals surface area contributed by atoms with Gasteiger partial charge in [0.15, 0.2) is 0 Å². The van der Waals surface area contributed by atoms with Crippen LogP contribution in [0.25, 0.3) is 0 Å². The first-order valence-electron chi connectivity index (χ1n) is 8.92. The van der Waals surface area contributed by atoms with Crippen molar-refractivity contribution in [2.45, 2.75) is 33.2 Å². The Balaban J connectivity index is 1.99. The van der Waals surface area contributed by atoms with Gasteiger partial charge in [-0.15, -0.1) is 0 Å². The molecule has 3 rings (SSSR count). The van der Waals surface area contributed by atoms with Gasteiger partial charge in [0.2, 0.25) is 11.8 Å². The highest BCUT2D eigenvalue weighted by Gasteiger charge is 2.32. The van der Waals surface area contributed by atoms with Crippen LogP contribution in [0.1, 0.15) is 38.8 Å². The van der Waals surface area contributed by atoms with E-state index in [-0.39, 0.29) is 17.9 Å². The molecule has 1 aliphatic rings. The van der Waals surface area contributed by atoms with E-state index in [0.717, 1.165) is 22.7 Å². The summed E-state index contributed by atoms with van der Waals surface area (Å²) in [6, 6.07) is 15.3. The second kappa shape index (κ2) is 7.60. The zero-order valence-corrected chi connectivity index (χ0v) is 15.4. The summed E-state index contributed by atoms with van der Waals surface area (Å²) in [6.45, 7) is 6.29. The first kappa shape index (κ1) is 18.0. The average molecular weight is 352 g/mol. The minimum atomic E-state index is -0.0998. The fourth-order valence-electron chi connectivity index (χ4n) is 3.59. The number of carbonyl (C=O) groups excluding carboxylic acids is 2. The van der Waals surface area contributed by atoms with Crippen LogP contribution in [0.2, 0.25) is 0 Å². The highest BCUT2D eigenvalue weighted by atomic mass is 16.5. The summed E-state index contributed by atoms with van der Waals surface area (Å²) >= 11 is 0. The fourth-order valence-corrected chi connectivity index (χ4v) is 3.59. The van der Waals surface area contributed by atoms with E-state index in [1.54, 1.807) is 18.7 Å². The molecule has 2 aromatic carbocycles. The van der Waals surface area contributed by atoms with Gasteiger partial charge in [0.05, 0.1) is 12.6 Å². The van der Waals surface area contributed by atoms with Crippen LogP contribution in [0, 0.1) is 0 Å². The maximum Gasteiger partial charge on any atom is 0.224 e. The van der Waals surface area contributed by atoms with Crippen molar-refractivity contribution in [3.8, 4) is 5.75 Å². The van der Waals surface area contributed by atoms with Gasteiger partial charge >= 0.3 is 0 Å². The molecule has 26 heavy (non-hydrogen) atoms. The first-order valence-corrected chi connectivity index (χ1v) is 8.92. The highest BCUT2D eigenvalue weighted by molar-refractivity contribution is 5.96. The maximum absolute atomic E-state index is 12.5. The van der Waals surface area contributed by atoms with Crippen LogP contribution in [0.15, 0.2) is 48.5 Å². The topological polar surface area (TPSA) is 49.9 Å². The predicted molar refractivity (Wildman–Crippen MR) is 103 cm³/mol. The Bertz CT molecular complexity index is 801. The molecule has 136 valence electrons. The Labute approximate surface area is 154 Å². The quantitative estimate of drug-likeness (QED) is 0.837. The van der Waals surface area contributed by atoms with E-state index in [1.165, 1.54) is 0 Å². The molecule has 0 N–H and O–H groups in total. The zero-order valence-electron chi connectivity index (χ0n) is 15.4. The third kappa shape index (κ3) is 3.43. The SMILES string of the molecule is CCOc1ccc(N(C(C)=O)C2CCN(C(C)=O)c3ccccc32)cc1. The van der Waals surface area contributed by atoms with E-state index < -0.39 is 0 Å². The second-order valence-corrected chi connectivity index (χ2v) is 6.35. The Morgan fingerprint density at radius 3 is 2.42 bits per heavy atom. The molecule has 5 heteroatoms. The van der Waals surface area contributed by atoms with Gasteiger partial charge in [0, 0.05) is 31.8 Å². The molecule has 0 radical (unpaired) electrons. The van der Waals surface area contributed by atoms with Crippen molar-refractivity contribution in [1.82, 2.24) is 0 Å². The van der Waals surface area contributed by atoms with E-state index in [9.17, 15) is 9.59 Å². The van der Waals surface area contributed by atoms with Crippen LogP contribution >= 0.6 is 0 Å². The predicted octanol–water partition coefficient (Wildman–Crippen LogP) is 3.94. The van der Waals surface area contributed by atoms with Gasteiger partial charge < -0.3 is 14.5 Å². The molecule has 1 unspecified atom stereocenters. The molecular weight excluding hydrogens is 328 g/mol. The molecule has 0 saturated heterocycles. The molecule has 5 nitrogen and oxygen atoms in total. The number of rotatable bonds is 4. The molecule has 0 aliphatic carbocycles. The van der Waals surface area contributed by atoms with E-state index >= 15 is 0 Å². The molecular formula is C21H24N2O3. The fraction of sp³-hybridized carbons (Fsp3) is 0.333. The van der Waals surface area contributed by atoms with Crippen molar-refractivity contribution >= 4 is 23.2 Å². The number of anilines is 2. The lowest BCUT2D eigenvalue weighted by atomic mass is 9.94. The average Bonchev–Trinajstić information content (AvgIpc) is 2.63. The largest absolute Gasteiger partial charge is 0.494 e. The Morgan fingerprint density at radius 2 is 1.81 bits per heavy atom. The Hall–Kier alpha value is -2.82. The third-order valence-corrected chi connectivity index (χ3v) is 4.67. The molecule has 2 aromatic rings. The van der Waals surface area contributed by atoms with Crippen LogP contribution < -0.4 is 14.5 Å². The van der Waals surface area contributed by atoms with Crippen LogP contribution in [0.3, 0.4) is 0 Å². The Kier molecular flexibility index (Phi) is 5.26. The van der Waals surface area contributed by atoms with Gasteiger partial charge in [0.25, 0.3) is 0 Å². The third-order valence-electron chi connectivity index (χ3n) is 4.67. The van der Waals surface area contributed by atoms with Crippen molar-refractivity contribution in [3.63, 3.8) is 0 Å². The molecule has 0 spiro atoms. The summed E-state index contributed by atoms with van der Waals surface area (Å²) < 4.78 is 5.50. The maximum atomic E-state index is 12.5. The molecule has 1 heterocycles. The van der Waals surface area contributed by atoms with Gasteiger partial charge in [-0.1, -0.05) is 18.2 Å². The lowest BCUT2D eigenvalue weighted by Gasteiger charge is -2.39. The summed E-state index contributed by atoms with van der Waals surface area (Å²) in [4.78, 5) is 28.1. The number of carbonyl (C=O) groups is 2. The lowest BCUT2D eigenvalue weighted by Crippen LogP contribution is -2.42. The van der Waals surface area contributed by atoms with Gasteiger partial charge in [0.1, 0.15) is 5.75 Å². The standard InChI is InChI=1S/C21H24N2O3/c1-4-26-18-11-9-17(10-12-18)23(16(3)25)21-13-14-22(15(2)24)20-8-6-5-7-19(20)21/h5-12,21H,4,13-14H2,1-3H3. The van der Waals surface area contributed by atoms with E-state index in [0.29, 0.717) is 19.6 Å². The monoisotopic (exact) mass is 352 g/mol. The molecule has 0 fully saturated rings. The number of para-hydroxylation sites is 1. The van der Waals surface area contributed by atoms with Gasteiger partial charge in [-0.2, -0.15) is 0 Å². The number of nitrogens with zero attached hydrogens (tertiary/aromatic N) is 2. The van der Waals surface area contributed by atoms with Crippen LogP contribution in [-0.4, -0.2) is 25.0 Å². The summed E-state index contributed by atoms with van der Waals surface area (Å²) in [5.41, 5.74) is 2.71. The number of ether oxygens (including phenoxy) is 1. The number of benzene rings is 2. The van der Waals surface area contributed by atoms with Gasteiger partial charge in [-0.25, -0.2) is 0 Å². The Morgan fingerprint density at radius 1 is 1.12 bits per heavy atom. The van der Waals surface area contributed by atoms with Crippen LogP contribution in [-0.2, 0) is 9.59 Å². The molecule has 1 aliphatic heterocycles. The van der Waals surface area contributed by atoms with E-state index in [2.05, 4.69) is 0 Å². The molecule has 0 bridgehead atoms. The normalized spacial score (nSPS) is 16.0. The van der Waals surface area contributed by atoms with Crippen molar-refractivity contribution in [2.24, 2.45) is 0 Å². The zero-order chi connectivity index (χ0) is 18.7. The minimum absolute atomic E-state index is 0.0198. The number of amides is 2. The summed E-state index contributed by atoms with van der Waals surface area (Å²) in [5.74, 6) is 0.781. The van der Waals surface area contributed by atoms with Crippen molar-refractivity contribution in [1.29, 1.82) is 0 Å². The van der Waals surface area contributed by atoms with Gasteiger partial charge in [-0.05, 0) is 49.2 Å². The number of fused-ring (bicyclic) bond motifs is 1. The van der Waals surface area contributed by atoms with Crippen molar-refractivity contribution in [2.75, 3.05) is 23.0 Å². The number of hydrogen-bond donors (Lipinski definition) is 0. The van der Waals surface area contributed by atoms with E-state index in [1.807, 2.05) is 60.4 Å². The number of hydrogen-bond acceptors (Lipinski definition) is 3. The smallest absolute Gasteiger partial charge is 0.224 e. The van der Waals surface area contributed by atoms with Gasteiger partial charge in [-0.3, -0.25) is 9.59 Å². The highest BCUT2D eigenvalue weighted by Crippen LogP contribution is 2.39. The molecule has 2 amide bonds. The van der Waals surface area contributed by atoms with E-state index in [4.69, 9.17) is 4.74 Å². The summed E-state index contributed by atoms with van der Waals surface area (Å²) in [7, 11) is 0. The van der Waals surface area contributed by atoms with Crippen molar-refractivity contribution in [3.05, 3.63) is 54.1 Å². The lowest BCUT2D eigenvalue weighted by molar-refractivity contribution is -0.117. The van der Waals surface area contributed by atoms with Crippen LogP contribution in [0.5, 0.6) is 5.75 Å². The first-order chi connectivity index (χ1) is 12.5. The minimum Gasteiger partial charge on any atom is -0.494 e.